The summed E-state index contributed by atoms with van der Waals surface area (Å²) in [4.78, 5) is 24.9. The third-order valence-electron chi connectivity index (χ3n) is 7.70. The van der Waals surface area contributed by atoms with Crippen molar-refractivity contribution in [2.45, 2.75) is 72.1 Å². The van der Waals surface area contributed by atoms with E-state index in [2.05, 4.69) is 24.5 Å². The number of nitrogens with one attached hydrogen (secondary N) is 2. The molecule has 0 heterocycles. The number of carboxylic acid groups (broad SMARTS) is 1. The number of carbonyl (C=O) groups excluding carboxylic acids is 1. The summed E-state index contributed by atoms with van der Waals surface area (Å²) >= 11 is 0. The minimum atomic E-state index is -1.20. The Kier molecular flexibility index (Phi) is 15.2. The van der Waals surface area contributed by atoms with Gasteiger partial charge in [-0.3, -0.25) is 4.79 Å². The van der Waals surface area contributed by atoms with Gasteiger partial charge in [-0.15, -0.1) is 0 Å². The lowest BCUT2D eigenvalue weighted by Gasteiger charge is -2.32. The van der Waals surface area contributed by atoms with Crippen LogP contribution in [0.3, 0.4) is 0 Å². The number of carbonyl (C=O) groups is 2. The molecule has 0 bridgehead atoms. The zero-order chi connectivity index (χ0) is 31.1. The highest BCUT2D eigenvalue weighted by atomic mass is 16.5. The van der Waals surface area contributed by atoms with Crippen LogP contribution >= 0.6 is 0 Å². The first-order valence-corrected chi connectivity index (χ1v) is 14.8. The van der Waals surface area contributed by atoms with E-state index in [-0.39, 0.29) is 30.1 Å². The summed E-state index contributed by atoms with van der Waals surface area (Å²) in [7, 11) is 3.25. The van der Waals surface area contributed by atoms with Crippen LogP contribution in [0.15, 0.2) is 48.5 Å². The van der Waals surface area contributed by atoms with Gasteiger partial charge in [0.05, 0.1) is 25.9 Å². The molecule has 0 aromatic heterocycles. The van der Waals surface area contributed by atoms with Crippen LogP contribution in [0.5, 0.6) is 11.5 Å². The summed E-state index contributed by atoms with van der Waals surface area (Å²) in [6.45, 7) is 9.55. The molecule has 4 N–H and O–H groups in total. The zero-order valence-corrected chi connectivity index (χ0v) is 26.0. The van der Waals surface area contributed by atoms with Crippen LogP contribution in [0.4, 0.5) is 4.79 Å². The van der Waals surface area contributed by atoms with E-state index in [9.17, 15) is 19.8 Å². The number of rotatable bonds is 19. The molecule has 0 saturated carbocycles. The van der Waals surface area contributed by atoms with Gasteiger partial charge in [-0.1, -0.05) is 64.1 Å². The second-order valence-corrected chi connectivity index (χ2v) is 11.5. The Balaban J connectivity index is 2.15. The lowest BCUT2D eigenvalue weighted by atomic mass is 9.80. The number of aliphatic hydroxyl groups excluding tert-OH is 1. The molecule has 0 aliphatic carbocycles. The van der Waals surface area contributed by atoms with Gasteiger partial charge in [0.2, 0.25) is 5.91 Å². The topological polar surface area (TPSA) is 126 Å². The summed E-state index contributed by atoms with van der Waals surface area (Å²) in [5.41, 5.74) is 2.02. The van der Waals surface area contributed by atoms with Crippen LogP contribution < -0.4 is 20.1 Å². The van der Waals surface area contributed by atoms with Crippen molar-refractivity contribution >= 4 is 12.0 Å². The fraction of sp³-hybridized carbons (Fsp3) is 0.576. The van der Waals surface area contributed by atoms with Gasteiger partial charge in [0, 0.05) is 32.6 Å². The Morgan fingerprint density at radius 2 is 1.60 bits per heavy atom. The third kappa shape index (κ3) is 11.9. The second-order valence-electron chi connectivity index (χ2n) is 11.5. The predicted molar refractivity (Wildman–Crippen MR) is 164 cm³/mol. The van der Waals surface area contributed by atoms with Crippen LogP contribution in [0, 0.1) is 23.7 Å². The van der Waals surface area contributed by atoms with Gasteiger partial charge in [-0.25, -0.2) is 4.79 Å². The van der Waals surface area contributed by atoms with Crippen LogP contribution in [0.25, 0.3) is 0 Å². The molecule has 0 fully saturated rings. The van der Waals surface area contributed by atoms with E-state index in [1.165, 1.54) is 0 Å². The molecule has 0 radical (unpaired) electrons. The van der Waals surface area contributed by atoms with Gasteiger partial charge in [0.15, 0.2) is 11.5 Å². The highest BCUT2D eigenvalue weighted by molar-refractivity contribution is 5.79. The van der Waals surface area contributed by atoms with Gasteiger partial charge in [0.25, 0.3) is 0 Å². The molecule has 0 saturated heterocycles. The first kappa shape index (κ1) is 34.9. The Hall–Kier alpha value is -3.30. The number of hydrogen-bond acceptors (Lipinski definition) is 6. The minimum Gasteiger partial charge on any atom is -0.493 e. The number of hydrogen-bond donors (Lipinski definition) is 4. The van der Waals surface area contributed by atoms with Crippen LogP contribution in [-0.2, 0) is 22.5 Å². The molecule has 0 unspecified atom stereocenters. The van der Waals surface area contributed by atoms with Crippen molar-refractivity contribution in [1.29, 1.82) is 0 Å². The van der Waals surface area contributed by atoms with Crippen molar-refractivity contribution < 1.29 is 34.0 Å². The molecular weight excluding hydrogens is 536 g/mol. The number of aliphatic hydroxyl groups is 1. The smallest absolute Gasteiger partial charge is 0.404 e. The molecule has 9 heteroatoms. The summed E-state index contributed by atoms with van der Waals surface area (Å²) in [6.07, 6.45) is -0.264. The van der Waals surface area contributed by atoms with Crippen LogP contribution in [-0.4, -0.2) is 61.8 Å². The van der Waals surface area contributed by atoms with Crippen molar-refractivity contribution in [1.82, 2.24) is 10.6 Å². The van der Waals surface area contributed by atoms with Crippen molar-refractivity contribution in [2.75, 3.05) is 27.4 Å². The largest absolute Gasteiger partial charge is 0.493 e. The molecule has 0 aliphatic rings. The molecule has 2 aromatic rings. The monoisotopic (exact) mass is 586 g/mol. The van der Waals surface area contributed by atoms with E-state index in [0.29, 0.717) is 44.1 Å². The maximum Gasteiger partial charge on any atom is 0.404 e. The first-order valence-electron chi connectivity index (χ1n) is 14.8. The van der Waals surface area contributed by atoms with Crippen molar-refractivity contribution in [2.24, 2.45) is 23.7 Å². The van der Waals surface area contributed by atoms with E-state index < -0.39 is 24.2 Å². The second kappa shape index (κ2) is 18.3. The van der Waals surface area contributed by atoms with E-state index >= 15 is 0 Å². The summed E-state index contributed by atoms with van der Waals surface area (Å²) in [6, 6.07) is 14.7. The molecular formula is C33H50N2O7. The fourth-order valence-corrected chi connectivity index (χ4v) is 5.06. The Morgan fingerprint density at radius 1 is 0.881 bits per heavy atom. The highest BCUT2D eigenvalue weighted by Gasteiger charge is 2.32. The summed E-state index contributed by atoms with van der Waals surface area (Å²) < 4.78 is 16.5. The fourth-order valence-electron chi connectivity index (χ4n) is 5.06. The summed E-state index contributed by atoms with van der Waals surface area (Å²) in [5, 5.41) is 26.4. The zero-order valence-electron chi connectivity index (χ0n) is 26.0. The van der Waals surface area contributed by atoms with Crippen molar-refractivity contribution in [3.63, 3.8) is 0 Å². The Morgan fingerprint density at radius 3 is 2.19 bits per heavy atom. The number of amides is 2. The standard InChI is InChI=1S/C33H50N2O7/c1-22(2)26(17-25-13-14-30(41-6)31(18-25)42-16-10-15-40-5)19-28(35-33(38)39)29(36)20-27(23(3)4)32(37)34-21-24-11-8-7-9-12-24/h7-9,11-14,18,22-23,26-29,35-36H,10,15-17,19-21H2,1-6H3,(H,34,37)(H,38,39)/t26-,27-,28-,29-/m0/s1. The summed E-state index contributed by atoms with van der Waals surface area (Å²) in [5.74, 6) is 0.883. The molecule has 9 nitrogen and oxygen atoms in total. The number of benzene rings is 2. The Bertz CT molecular complexity index is 1080. The van der Waals surface area contributed by atoms with Crippen molar-refractivity contribution in [3.05, 3.63) is 59.7 Å². The van der Waals surface area contributed by atoms with E-state index in [1.54, 1.807) is 14.2 Å². The van der Waals surface area contributed by atoms with Gasteiger partial charge in [-0.05, 0) is 60.3 Å². The third-order valence-corrected chi connectivity index (χ3v) is 7.70. The molecule has 2 aromatic carbocycles. The normalized spacial score (nSPS) is 14.2. The van der Waals surface area contributed by atoms with Gasteiger partial charge in [0.1, 0.15) is 0 Å². The number of ether oxygens (including phenoxy) is 3. The maximum absolute atomic E-state index is 13.1. The average Bonchev–Trinajstić information content (AvgIpc) is 2.96. The van der Waals surface area contributed by atoms with Crippen LogP contribution in [0.2, 0.25) is 0 Å². The highest BCUT2D eigenvalue weighted by Crippen LogP contribution is 2.32. The van der Waals surface area contributed by atoms with E-state index in [1.807, 2.05) is 62.4 Å². The molecule has 42 heavy (non-hydrogen) atoms. The van der Waals surface area contributed by atoms with Gasteiger partial charge in [-0.2, -0.15) is 0 Å². The van der Waals surface area contributed by atoms with E-state index in [0.717, 1.165) is 17.5 Å². The minimum absolute atomic E-state index is 0.0385. The Labute approximate surface area is 251 Å². The molecule has 2 rings (SSSR count). The average molecular weight is 587 g/mol. The van der Waals surface area contributed by atoms with E-state index in [4.69, 9.17) is 14.2 Å². The molecule has 0 aliphatic heterocycles. The molecule has 0 spiro atoms. The molecule has 4 atom stereocenters. The van der Waals surface area contributed by atoms with Gasteiger partial charge >= 0.3 is 6.09 Å². The first-order chi connectivity index (χ1) is 20.0. The van der Waals surface area contributed by atoms with Gasteiger partial charge < -0.3 is 35.1 Å². The molecule has 234 valence electrons. The predicted octanol–water partition coefficient (Wildman–Crippen LogP) is 5.29. The lowest BCUT2D eigenvalue weighted by molar-refractivity contribution is -0.127. The molecule has 2 amide bonds. The maximum atomic E-state index is 13.1. The quantitative estimate of drug-likeness (QED) is 0.165. The van der Waals surface area contributed by atoms with Crippen molar-refractivity contribution in [3.8, 4) is 11.5 Å². The lowest BCUT2D eigenvalue weighted by Crippen LogP contribution is -2.47. The van der Waals surface area contributed by atoms with Crippen LogP contribution in [0.1, 0.15) is 58.1 Å². The SMILES string of the molecule is COCCCOc1cc(C[C@@H](C[C@H](NC(=O)O)[C@@H](O)C[C@H](C(=O)NCc2ccccc2)C(C)C)C(C)C)ccc1OC. The number of methoxy groups -OCH3 is 2.